The third-order valence-electron chi connectivity index (χ3n) is 4.12. The maximum atomic E-state index is 12.9. The van der Waals surface area contributed by atoms with Gasteiger partial charge in [0.2, 0.25) is 0 Å². The van der Waals surface area contributed by atoms with Gasteiger partial charge in [-0.15, -0.1) is 0 Å². The maximum Gasteiger partial charge on any atom is 0.416 e. The molecule has 0 amide bonds. The number of nitrogens with two attached hydrogens (primary N) is 1. The minimum atomic E-state index is -4.29. The Morgan fingerprint density at radius 1 is 1.35 bits per heavy atom. The van der Waals surface area contributed by atoms with Crippen LogP contribution >= 0.6 is 0 Å². The van der Waals surface area contributed by atoms with Crippen LogP contribution in [-0.2, 0) is 6.18 Å². The highest BCUT2D eigenvalue weighted by Crippen LogP contribution is 2.37. The number of hydrogen-bond acceptors (Lipinski definition) is 2. The van der Waals surface area contributed by atoms with Crippen molar-refractivity contribution in [1.82, 2.24) is 4.90 Å². The summed E-state index contributed by atoms with van der Waals surface area (Å²) < 4.78 is 38.6. The molecule has 5 heteroatoms. The molecule has 1 aromatic carbocycles. The van der Waals surface area contributed by atoms with Crippen molar-refractivity contribution in [3.8, 4) is 0 Å². The minimum absolute atomic E-state index is 0.000972. The molecule has 0 aliphatic carbocycles. The van der Waals surface area contributed by atoms with Crippen molar-refractivity contribution in [2.24, 2.45) is 11.7 Å². The van der Waals surface area contributed by atoms with Crippen molar-refractivity contribution in [1.29, 1.82) is 0 Å². The van der Waals surface area contributed by atoms with Crippen molar-refractivity contribution >= 4 is 0 Å². The smallest absolute Gasteiger partial charge is 0.330 e. The van der Waals surface area contributed by atoms with Crippen molar-refractivity contribution in [3.05, 3.63) is 35.4 Å². The van der Waals surface area contributed by atoms with Crippen molar-refractivity contribution < 1.29 is 13.2 Å². The van der Waals surface area contributed by atoms with Gasteiger partial charge in [-0.1, -0.05) is 19.1 Å². The second-order valence-corrected chi connectivity index (χ2v) is 5.33. The van der Waals surface area contributed by atoms with Crippen molar-refractivity contribution in [2.75, 3.05) is 19.6 Å². The van der Waals surface area contributed by atoms with Gasteiger partial charge in [0.25, 0.3) is 0 Å². The summed E-state index contributed by atoms with van der Waals surface area (Å²) in [4.78, 5) is 2.23. The zero-order valence-electron chi connectivity index (χ0n) is 11.7. The zero-order chi connectivity index (χ0) is 14.8. The van der Waals surface area contributed by atoms with Gasteiger partial charge in [0.15, 0.2) is 0 Å². The Bertz CT molecular complexity index is 433. The average molecular weight is 286 g/mol. The first kappa shape index (κ1) is 15.3. The summed E-state index contributed by atoms with van der Waals surface area (Å²) in [6.45, 7) is 4.31. The van der Waals surface area contributed by atoms with Gasteiger partial charge in [0.05, 0.1) is 5.56 Å². The second kappa shape index (κ2) is 6.14. The first-order chi connectivity index (χ1) is 9.47. The monoisotopic (exact) mass is 286 g/mol. The summed E-state index contributed by atoms with van der Waals surface area (Å²) in [6, 6.07) is 5.69. The first-order valence-electron chi connectivity index (χ1n) is 7.08. The van der Waals surface area contributed by atoms with Gasteiger partial charge in [-0.2, -0.15) is 13.2 Å². The lowest BCUT2D eigenvalue weighted by Gasteiger charge is -2.41. The van der Waals surface area contributed by atoms with E-state index >= 15 is 0 Å². The van der Waals surface area contributed by atoms with E-state index in [1.54, 1.807) is 6.07 Å². The van der Waals surface area contributed by atoms with Gasteiger partial charge in [0.1, 0.15) is 0 Å². The molecule has 1 heterocycles. The van der Waals surface area contributed by atoms with E-state index < -0.39 is 11.7 Å². The molecule has 0 saturated carbocycles. The van der Waals surface area contributed by atoms with Crippen LogP contribution in [0, 0.1) is 5.92 Å². The molecule has 0 aromatic heterocycles. The molecule has 0 radical (unpaired) electrons. The van der Waals surface area contributed by atoms with Crippen LogP contribution in [-0.4, -0.2) is 24.5 Å². The lowest BCUT2D eigenvalue weighted by molar-refractivity contribution is -0.137. The lowest BCUT2D eigenvalue weighted by atomic mass is 9.84. The minimum Gasteiger partial charge on any atom is -0.330 e. The summed E-state index contributed by atoms with van der Waals surface area (Å²) in [6.07, 6.45) is -2.25. The third-order valence-corrected chi connectivity index (χ3v) is 4.12. The standard InChI is InChI=1S/C15H21F3N2/c1-2-20-8-4-6-12(10-19)14(20)11-5-3-7-13(9-11)15(16,17)18/h3,5,7,9,12,14H,2,4,6,8,10,19H2,1H3. The molecule has 2 atom stereocenters. The van der Waals surface area contributed by atoms with Crippen molar-refractivity contribution in [3.63, 3.8) is 0 Å². The van der Waals surface area contributed by atoms with Gasteiger partial charge in [0, 0.05) is 6.04 Å². The van der Waals surface area contributed by atoms with Gasteiger partial charge in [-0.3, -0.25) is 4.90 Å². The Morgan fingerprint density at radius 2 is 2.10 bits per heavy atom. The van der Waals surface area contributed by atoms with E-state index in [9.17, 15) is 13.2 Å². The normalized spacial score (nSPS) is 24.9. The summed E-state index contributed by atoms with van der Waals surface area (Å²) in [5, 5.41) is 0. The number of nitrogens with zero attached hydrogens (tertiary/aromatic N) is 1. The number of piperidine rings is 1. The number of benzene rings is 1. The van der Waals surface area contributed by atoms with E-state index in [1.165, 1.54) is 12.1 Å². The van der Waals surface area contributed by atoms with Gasteiger partial charge in [-0.05, 0) is 56.1 Å². The first-order valence-corrected chi connectivity index (χ1v) is 7.08. The Morgan fingerprint density at radius 3 is 2.70 bits per heavy atom. The van der Waals surface area contributed by atoms with Crippen LogP contribution in [0.15, 0.2) is 24.3 Å². The largest absolute Gasteiger partial charge is 0.416 e. The summed E-state index contributed by atoms with van der Waals surface area (Å²) in [5.41, 5.74) is 5.98. The fraction of sp³-hybridized carbons (Fsp3) is 0.600. The van der Waals surface area contributed by atoms with E-state index in [2.05, 4.69) is 4.90 Å². The molecule has 1 aliphatic heterocycles. The molecule has 2 rings (SSSR count). The number of hydrogen-bond donors (Lipinski definition) is 1. The molecule has 1 aliphatic rings. The molecular weight excluding hydrogens is 265 g/mol. The zero-order valence-corrected chi connectivity index (χ0v) is 11.7. The number of rotatable bonds is 3. The third kappa shape index (κ3) is 3.15. The molecule has 1 saturated heterocycles. The number of alkyl halides is 3. The van der Waals surface area contributed by atoms with Crippen LogP contribution in [0.1, 0.15) is 36.9 Å². The Kier molecular flexibility index (Phi) is 4.70. The number of halogens is 3. The van der Waals surface area contributed by atoms with Crippen LogP contribution in [0.3, 0.4) is 0 Å². The van der Waals surface area contributed by atoms with Crippen LogP contribution in [0.4, 0.5) is 13.2 Å². The van der Waals surface area contributed by atoms with Crippen LogP contribution in [0.5, 0.6) is 0 Å². The molecular formula is C15H21F3N2. The molecule has 112 valence electrons. The molecule has 1 fully saturated rings. The summed E-state index contributed by atoms with van der Waals surface area (Å²) in [7, 11) is 0. The molecule has 0 bridgehead atoms. The fourth-order valence-corrected chi connectivity index (χ4v) is 3.14. The summed E-state index contributed by atoms with van der Waals surface area (Å²) in [5.74, 6) is 0.229. The molecule has 2 nitrogen and oxygen atoms in total. The quantitative estimate of drug-likeness (QED) is 0.922. The molecule has 0 spiro atoms. The Labute approximate surface area is 117 Å². The Hall–Kier alpha value is -1.07. The predicted molar refractivity (Wildman–Crippen MR) is 73.2 cm³/mol. The highest BCUT2D eigenvalue weighted by molar-refractivity contribution is 5.29. The van der Waals surface area contributed by atoms with E-state index in [4.69, 9.17) is 5.73 Å². The second-order valence-electron chi connectivity index (χ2n) is 5.33. The lowest BCUT2D eigenvalue weighted by Crippen LogP contribution is -2.41. The highest BCUT2D eigenvalue weighted by Gasteiger charge is 2.34. The average Bonchev–Trinajstić information content (AvgIpc) is 2.45. The van der Waals surface area contributed by atoms with E-state index in [0.29, 0.717) is 6.54 Å². The molecule has 1 aromatic rings. The van der Waals surface area contributed by atoms with Gasteiger partial charge in [-0.25, -0.2) is 0 Å². The van der Waals surface area contributed by atoms with Crippen LogP contribution < -0.4 is 5.73 Å². The molecule has 2 unspecified atom stereocenters. The van der Waals surface area contributed by atoms with Crippen LogP contribution in [0.2, 0.25) is 0 Å². The maximum absolute atomic E-state index is 12.9. The SMILES string of the molecule is CCN1CCCC(CN)C1c1cccc(C(F)(F)F)c1. The molecule has 20 heavy (non-hydrogen) atoms. The Balaban J connectivity index is 2.35. The summed E-state index contributed by atoms with van der Waals surface area (Å²) >= 11 is 0. The van der Waals surface area contributed by atoms with E-state index in [1.807, 2.05) is 6.92 Å². The fourth-order valence-electron chi connectivity index (χ4n) is 3.14. The van der Waals surface area contributed by atoms with E-state index in [0.717, 1.165) is 37.6 Å². The predicted octanol–water partition coefficient (Wildman–Crippen LogP) is 3.44. The van der Waals surface area contributed by atoms with Crippen LogP contribution in [0.25, 0.3) is 0 Å². The molecule has 2 N–H and O–H groups in total. The van der Waals surface area contributed by atoms with E-state index in [-0.39, 0.29) is 12.0 Å². The van der Waals surface area contributed by atoms with Crippen molar-refractivity contribution in [2.45, 2.75) is 32.0 Å². The van der Waals surface area contributed by atoms with Gasteiger partial charge >= 0.3 is 6.18 Å². The highest BCUT2D eigenvalue weighted by atomic mass is 19.4. The number of likely N-dealkylation sites (tertiary alicyclic amines) is 1. The van der Waals surface area contributed by atoms with Gasteiger partial charge < -0.3 is 5.73 Å². The topological polar surface area (TPSA) is 29.3 Å².